The molecule has 0 saturated carbocycles. The molecule has 1 aliphatic heterocycles. The maximum absolute atomic E-state index is 12.6. The van der Waals surface area contributed by atoms with Gasteiger partial charge in [0.25, 0.3) is 11.8 Å². The minimum atomic E-state index is -0.901. The molecule has 0 spiro atoms. The van der Waals surface area contributed by atoms with E-state index < -0.39 is 17.3 Å². The van der Waals surface area contributed by atoms with E-state index >= 15 is 0 Å². The number of aromatic hydroxyl groups is 1. The number of aliphatic hydroxyl groups excluding tert-OH is 1. The van der Waals surface area contributed by atoms with Gasteiger partial charge in [-0.3, -0.25) is 14.6 Å². The molecule has 2 atom stereocenters. The molecule has 1 aliphatic rings. The van der Waals surface area contributed by atoms with Gasteiger partial charge in [0, 0.05) is 12.2 Å². The van der Waals surface area contributed by atoms with Gasteiger partial charge in [-0.2, -0.15) is 4.98 Å². The predicted molar refractivity (Wildman–Crippen MR) is 144 cm³/mol. The largest absolute Gasteiger partial charge is 0.504 e. The van der Waals surface area contributed by atoms with Crippen LogP contribution in [-0.4, -0.2) is 42.9 Å². The first kappa shape index (κ1) is 28.0. The molecule has 38 heavy (non-hydrogen) atoms. The van der Waals surface area contributed by atoms with E-state index in [1.54, 1.807) is 4.90 Å². The molecule has 2 heterocycles. The fourth-order valence-corrected chi connectivity index (χ4v) is 4.15. The van der Waals surface area contributed by atoms with Crippen molar-refractivity contribution in [3.8, 4) is 16.9 Å². The van der Waals surface area contributed by atoms with Crippen molar-refractivity contribution in [1.82, 2.24) is 20.2 Å². The molecule has 0 bridgehead atoms. The standard InChI is InChI=1S/C23H28N2O2.C5H5N3O3/c1-3-4-6-9-17(2)25-22(24-16-21(26)23(25)27)20-14-12-19(13-15-20)18-10-7-5-8-11-18;6-4(10)3-2(9)1-7-5(11)8-3/h5,7-8,10-17,22,24,26H,3-4,6,9H2,1-2H3;1,9H,(H2,6,10)(H,7,8,11). The summed E-state index contributed by atoms with van der Waals surface area (Å²) < 4.78 is 0. The summed E-state index contributed by atoms with van der Waals surface area (Å²) in [6, 6.07) is 18.5. The zero-order valence-electron chi connectivity index (χ0n) is 21.4. The van der Waals surface area contributed by atoms with Crippen LogP contribution in [0.1, 0.15) is 61.7 Å². The molecule has 10 nitrogen and oxygen atoms in total. The summed E-state index contributed by atoms with van der Waals surface area (Å²) in [6.45, 7) is 4.23. The lowest BCUT2D eigenvalue weighted by atomic mass is 10.0. The number of nitrogens with zero attached hydrogens (tertiary/aromatic N) is 2. The van der Waals surface area contributed by atoms with Gasteiger partial charge in [0.15, 0.2) is 17.2 Å². The van der Waals surface area contributed by atoms with Gasteiger partial charge in [0.1, 0.15) is 6.17 Å². The molecule has 0 radical (unpaired) electrons. The number of aliphatic hydroxyl groups is 1. The first-order valence-electron chi connectivity index (χ1n) is 12.4. The van der Waals surface area contributed by atoms with Crippen LogP contribution in [-0.2, 0) is 4.79 Å². The van der Waals surface area contributed by atoms with Crippen molar-refractivity contribution < 1.29 is 19.8 Å². The van der Waals surface area contributed by atoms with Gasteiger partial charge in [0.2, 0.25) is 0 Å². The number of H-pyrrole nitrogens is 1. The van der Waals surface area contributed by atoms with Crippen LogP contribution in [0.25, 0.3) is 11.1 Å². The van der Waals surface area contributed by atoms with E-state index in [2.05, 4.69) is 60.5 Å². The number of hydrogen-bond acceptors (Lipinski definition) is 7. The number of hydrogen-bond donors (Lipinski definition) is 5. The van der Waals surface area contributed by atoms with Crippen LogP contribution >= 0.6 is 0 Å². The quantitative estimate of drug-likeness (QED) is 0.283. The minimum Gasteiger partial charge on any atom is -0.504 e. The van der Waals surface area contributed by atoms with Crippen LogP contribution in [0.15, 0.2) is 77.5 Å². The van der Waals surface area contributed by atoms with Crippen LogP contribution in [0, 0.1) is 0 Å². The fourth-order valence-electron chi connectivity index (χ4n) is 4.15. The minimum absolute atomic E-state index is 0.0474. The summed E-state index contributed by atoms with van der Waals surface area (Å²) >= 11 is 0. The number of amides is 2. The molecule has 200 valence electrons. The van der Waals surface area contributed by atoms with Crippen molar-refractivity contribution in [2.24, 2.45) is 5.73 Å². The Morgan fingerprint density at radius 2 is 1.71 bits per heavy atom. The monoisotopic (exact) mass is 519 g/mol. The number of aromatic nitrogens is 2. The summed E-state index contributed by atoms with van der Waals surface area (Å²) in [6.07, 6.45) is 6.30. The Kier molecular flexibility index (Phi) is 9.64. The third-order valence-electron chi connectivity index (χ3n) is 6.18. The molecular weight excluding hydrogens is 486 g/mol. The highest BCUT2D eigenvalue weighted by Gasteiger charge is 2.34. The number of carbonyl (C=O) groups is 2. The van der Waals surface area contributed by atoms with E-state index in [0.29, 0.717) is 0 Å². The average Bonchev–Trinajstić information content (AvgIpc) is 2.92. The summed E-state index contributed by atoms with van der Waals surface area (Å²) in [4.78, 5) is 40.4. The molecule has 2 unspecified atom stereocenters. The van der Waals surface area contributed by atoms with Gasteiger partial charge in [-0.25, -0.2) is 4.79 Å². The molecule has 0 aliphatic carbocycles. The van der Waals surface area contributed by atoms with E-state index in [0.717, 1.165) is 43.0 Å². The van der Waals surface area contributed by atoms with Gasteiger partial charge in [0.05, 0.1) is 6.20 Å². The number of rotatable bonds is 8. The second-order valence-corrected chi connectivity index (χ2v) is 8.96. The normalized spacial score (nSPS) is 15.5. The van der Waals surface area contributed by atoms with E-state index in [1.165, 1.54) is 11.8 Å². The number of carbonyl (C=O) groups excluding carboxylic acids is 2. The third kappa shape index (κ3) is 7.00. The van der Waals surface area contributed by atoms with Crippen LogP contribution in [0.4, 0.5) is 0 Å². The van der Waals surface area contributed by atoms with Crippen molar-refractivity contribution in [1.29, 1.82) is 0 Å². The number of nitrogens with one attached hydrogen (secondary N) is 2. The molecule has 0 saturated heterocycles. The van der Waals surface area contributed by atoms with Crippen molar-refractivity contribution >= 4 is 11.8 Å². The maximum atomic E-state index is 12.6. The molecule has 4 rings (SSSR count). The molecule has 2 aromatic carbocycles. The molecule has 3 aromatic rings. The van der Waals surface area contributed by atoms with Crippen LogP contribution in [0.2, 0.25) is 0 Å². The van der Waals surface area contributed by atoms with Gasteiger partial charge in [-0.1, -0.05) is 80.8 Å². The lowest BCUT2D eigenvalue weighted by Crippen LogP contribution is -2.49. The highest BCUT2D eigenvalue weighted by molar-refractivity contribution is 5.93. The van der Waals surface area contributed by atoms with Crippen LogP contribution in [0.5, 0.6) is 5.75 Å². The van der Waals surface area contributed by atoms with Crippen molar-refractivity contribution in [2.45, 2.75) is 51.7 Å². The second kappa shape index (κ2) is 13.1. The second-order valence-electron chi connectivity index (χ2n) is 8.96. The van der Waals surface area contributed by atoms with Crippen LogP contribution < -0.4 is 16.7 Å². The highest BCUT2D eigenvalue weighted by atomic mass is 16.3. The summed E-state index contributed by atoms with van der Waals surface area (Å²) in [5.74, 6) is -1.87. The summed E-state index contributed by atoms with van der Waals surface area (Å²) in [5.41, 5.74) is 7.05. The van der Waals surface area contributed by atoms with Gasteiger partial charge < -0.3 is 26.2 Å². The summed E-state index contributed by atoms with van der Waals surface area (Å²) in [5, 5.41) is 22.0. The third-order valence-corrected chi connectivity index (χ3v) is 6.18. The van der Waals surface area contributed by atoms with Crippen LogP contribution in [0.3, 0.4) is 0 Å². The maximum Gasteiger partial charge on any atom is 0.345 e. The number of unbranched alkanes of at least 4 members (excludes halogenated alkanes) is 2. The number of aromatic amines is 1. The highest BCUT2D eigenvalue weighted by Crippen LogP contribution is 2.29. The zero-order chi connectivity index (χ0) is 27.7. The summed E-state index contributed by atoms with van der Waals surface area (Å²) in [7, 11) is 0. The number of primary amides is 1. The van der Waals surface area contributed by atoms with Crippen molar-refractivity contribution in [2.75, 3.05) is 0 Å². The van der Waals surface area contributed by atoms with Crippen molar-refractivity contribution in [3.63, 3.8) is 0 Å². The zero-order valence-corrected chi connectivity index (χ0v) is 21.4. The first-order chi connectivity index (χ1) is 18.2. The first-order valence-corrected chi connectivity index (χ1v) is 12.4. The molecule has 0 fully saturated rings. The molecule has 6 N–H and O–H groups in total. The van der Waals surface area contributed by atoms with E-state index in [4.69, 9.17) is 10.8 Å². The Bertz CT molecular complexity index is 1320. The van der Waals surface area contributed by atoms with E-state index in [1.807, 2.05) is 23.2 Å². The Morgan fingerprint density at radius 3 is 2.32 bits per heavy atom. The lowest BCUT2D eigenvalue weighted by Gasteiger charge is -2.39. The smallest absolute Gasteiger partial charge is 0.345 e. The van der Waals surface area contributed by atoms with E-state index in [9.17, 15) is 19.5 Å². The Morgan fingerprint density at radius 1 is 1.05 bits per heavy atom. The fraction of sp³-hybridized carbons (Fsp3) is 0.286. The Labute approximate surface area is 220 Å². The molecule has 1 aromatic heterocycles. The van der Waals surface area contributed by atoms with Gasteiger partial charge in [-0.15, -0.1) is 0 Å². The SMILES string of the molecule is CCCCCC(C)N1C(=O)C(O)=CNC1c1ccc(-c2ccccc2)cc1.NC(=O)c1[nH]c(=O)ncc1O. The van der Waals surface area contributed by atoms with Gasteiger partial charge >= 0.3 is 5.69 Å². The Balaban J connectivity index is 0.000000304. The molecular formula is C28H33N5O5. The predicted octanol–water partition coefficient (Wildman–Crippen LogP) is 3.73. The molecule has 2 amide bonds. The Hall–Kier alpha value is -4.60. The molecule has 10 heteroatoms. The van der Waals surface area contributed by atoms with E-state index in [-0.39, 0.29) is 29.6 Å². The average molecular weight is 520 g/mol. The lowest BCUT2D eigenvalue weighted by molar-refractivity contribution is -0.137. The van der Waals surface area contributed by atoms with Gasteiger partial charge in [-0.05, 0) is 30.0 Å². The van der Waals surface area contributed by atoms with Crippen molar-refractivity contribution in [3.05, 3.63) is 94.5 Å². The topological polar surface area (TPSA) is 162 Å². The number of benzene rings is 2. The number of nitrogens with two attached hydrogens (primary N) is 1.